The van der Waals surface area contributed by atoms with E-state index in [-0.39, 0.29) is 17.8 Å². The molecule has 1 rings (SSSR count). The van der Waals surface area contributed by atoms with Crippen molar-refractivity contribution in [3.8, 4) is 0 Å². The number of hydrogen-bond acceptors (Lipinski definition) is 4. The van der Waals surface area contributed by atoms with Crippen LogP contribution in [0, 0.1) is 6.92 Å². The first kappa shape index (κ1) is 14.0. The van der Waals surface area contributed by atoms with E-state index in [1.807, 2.05) is 13.8 Å². The number of carbonyl (C=O) groups is 1. The van der Waals surface area contributed by atoms with E-state index in [0.29, 0.717) is 18.5 Å². The number of aromatic nitrogens is 2. The van der Waals surface area contributed by atoms with E-state index in [2.05, 4.69) is 15.6 Å². The normalized spacial score (nSPS) is 13.4. The topological polar surface area (TPSA) is 106 Å². The van der Waals surface area contributed by atoms with Gasteiger partial charge < -0.3 is 16.3 Å². The Morgan fingerprint density at radius 3 is 2.83 bits per heavy atom. The van der Waals surface area contributed by atoms with Crippen molar-refractivity contribution in [2.75, 3.05) is 0 Å². The summed E-state index contributed by atoms with van der Waals surface area (Å²) in [6.45, 7) is 3.79. The van der Waals surface area contributed by atoms with Crippen LogP contribution in [-0.4, -0.2) is 32.8 Å². The Bertz CT molecular complexity index is 433. The summed E-state index contributed by atoms with van der Waals surface area (Å²) in [5.74, 6) is -0.157. The molecule has 100 valence electrons. The number of nitrogens with zero attached hydrogens (tertiary/aromatic N) is 3. The van der Waals surface area contributed by atoms with Crippen LogP contribution in [-0.2, 0) is 7.05 Å². The second-order valence-electron chi connectivity index (χ2n) is 4.17. The van der Waals surface area contributed by atoms with Gasteiger partial charge in [-0.3, -0.25) is 9.48 Å². The summed E-state index contributed by atoms with van der Waals surface area (Å²) in [7, 11) is 1.78. The zero-order valence-electron chi connectivity index (χ0n) is 10.8. The predicted molar refractivity (Wildman–Crippen MR) is 67.5 cm³/mol. The molecule has 18 heavy (non-hydrogen) atoms. The van der Waals surface area contributed by atoms with Crippen LogP contribution in [0.5, 0.6) is 0 Å². The van der Waals surface area contributed by atoms with Crippen LogP contribution in [0.15, 0.2) is 11.2 Å². The molecule has 1 heterocycles. The molecule has 0 spiro atoms. The molecule has 0 radical (unpaired) electrons. The van der Waals surface area contributed by atoms with E-state index in [9.17, 15) is 4.79 Å². The minimum atomic E-state index is -0.253. The first-order chi connectivity index (χ1) is 8.47. The Morgan fingerprint density at radius 1 is 1.72 bits per heavy atom. The number of hydrogen-bond donors (Lipinski definition) is 3. The molecule has 7 heteroatoms. The molecule has 0 saturated heterocycles. The summed E-state index contributed by atoms with van der Waals surface area (Å²) in [6, 6.07) is 1.54. The lowest BCUT2D eigenvalue weighted by Gasteiger charge is -2.15. The van der Waals surface area contributed by atoms with Crippen molar-refractivity contribution in [2.24, 2.45) is 17.9 Å². The molecule has 0 saturated carbocycles. The first-order valence-corrected chi connectivity index (χ1v) is 5.75. The fourth-order valence-corrected chi connectivity index (χ4v) is 1.52. The van der Waals surface area contributed by atoms with Crippen LogP contribution < -0.4 is 11.1 Å². The van der Waals surface area contributed by atoms with Gasteiger partial charge in [0.15, 0.2) is 0 Å². The van der Waals surface area contributed by atoms with Gasteiger partial charge in [-0.15, -0.1) is 0 Å². The molecule has 1 aromatic rings. The Hall–Kier alpha value is -2.05. The Morgan fingerprint density at radius 2 is 2.39 bits per heavy atom. The Kier molecular flexibility index (Phi) is 4.70. The number of nitrogens with two attached hydrogens (primary N) is 1. The van der Waals surface area contributed by atoms with Crippen LogP contribution in [0.3, 0.4) is 0 Å². The molecule has 0 fully saturated rings. The molecular weight excluding hydrogens is 234 g/mol. The fraction of sp³-hybridized carbons (Fsp3) is 0.545. The lowest BCUT2D eigenvalue weighted by Crippen LogP contribution is -2.37. The maximum atomic E-state index is 11.9. The van der Waals surface area contributed by atoms with Gasteiger partial charge >= 0.3 is 0 Å². The SMILES string of the molecule is CCC(C/C(N)=N/O)NC(=O)c1cc(C)n(C)n1. The number of oxime groups is 1. The molecule has 0 aliphatic rings. The quantitative estimate of drug-likeness (QED) is 0.305. The van der Waals surface area contributed by atoms with Crippen molar-refractivity contribution in [1.29, 1.82) is 0 Å². The van der Waals surface area contributed by atoms with Gasteiger partial charge in [0, 0.05) is 25.2 Å². The average Bonchev–Trinajstić information content (AvgIpc) is 2.68. The number of amidine groups is 1. The zero-order valence-corrected chi connectivity index (χ0v) is 10.8. The maximum Gasteiger partial charge on any atom is 0.272 e. The monoisotopic (exact) mass is 253 g/mol. The molecule has 1 amide bonds. The van der Waals surface area contributed by atoms with E-state index in [4.69, 9.17) is 10.9 Å². The van der Waals surface area contributed by atoms with Gasteiger partial charge in [0.1, 0.15) is 11.5 Å². The number of aryl methyl sites for hydroxylation is 2. The van der Waals surface area contributed by atoms with Gasteiger partial charge in [-0.2, -0.15) is 5.10 Å². The molecule has 4 N–H and O–H groups in total. The van der Waals surface area contributed by atoms with Crippen molar-refractivity contribution < 1.29 is 10.0 Å². The van der Waals surface area contributed by atoms with Crippen LogP contribution >= 0.6 is 0 Å². The second kappa shape index (κ2) is 6.04. The summed E-state index contributed by atoms with van der Waals surface area (Å²) < 4.78 is 1.64. The highest BCUT2D eigenvalue weighted by Gasteiger charge is 2.16. The Balaban J connectivity index is 2.67. The highest BCUT2D eigenvalue weighted by atomic mass is 16.4. The van der Waals surface area contributed by atoms with Gasteiger partial charge in [0.25, 0.3) is 5.91 Å². The van der Waals surface area contributed by atoms with Crippen LogP contribution in [0.1, 0.15) is 35.9 Å². The highest BCUT2D eigenvalue weighted by Crippen LogP contribution is 2.04. The molecule has 1 aromatic heterocycles. The average molecular weight is 253 g/mol. The largest absolute Gasteiger partial charge is 0.409 e. The molecule has 1 unspecified atom stereocenters. The number of carbonyl (C=O) groups excluding carboxylic acids is 1. The minimum absolute atomic E-state index is 0.0966. The summed E-state index contributed by atoms with van der Waals surface area (Å²) >= 11 is 0. The van der Waals surface area contributed by atoms with Crippen LogP contribution in [0.25, 0.3) is 0 Å². The third kappa shape index (κ3) is 3.47. The molecule has 0 aliphatic heterocycles. The molecule has 7 nitrogen and oxygen atoms in total. The molecular formula is C11H19N5O2. The van der Waals surface area contributed by atoms with Crippen LogP contribution in [0.4, 0.5) is 0 Å². The number of nitrogens with one attached hydrogen (secondary N) is 1. The van der Waals surface area contributed by atoms with E-state index in [1.165, 1.54) is 0 Å². The summed E-state index contributed by atoms with van der Waals surface area (Å²) in [4.78, 5) is 11.9. The van der Waals surface area contributed by atoms with Crippen molar-refractivity contribution in [1.82, 2.24) is 15.1 Å². The van der Waals surface area contributed by atoms with E-state index in [0.717, 1.165) is 5.69 Å². The van der Waals surface area contributed by atoms with Gasteiger partial charge in [-0.25, -0.2) is 0 Å². The summed E-state index contributed by atoms with van der Waals surface area (Å²) in [6.07, 6.45) is 0.998. The molecule has 0 aliphatic carbocycles. The minimum Gasteiger partial charge on any atom is -0.409 e. The van der Waals surface area contributed by atoms with Gasteiger partial charge in [0.2, 0.25) is 0 Å². The second-order valence-corrected chi connectivity index (χ2v) is 4.17. The maximum absolute atomic E-state index is 11.9. The van der Waals surface area contributed by atoms with Gasteiger partial charge in [-0.1, -0.05) is 12.1 Å². The third-order valence-corrected chi connectivity index (χ3v) is 2.76. The van der Waals surface area contributed by atoms with Gasteiger partial charge in [-0.05, 0) is 19.4 Å². The summed E-state index contributed by atoms with van der Waals surface area (Å²) in [5, 5.41) is 18.3. The molecule has 0 aromatic carbocycles. The predicted octanol–water partition coefficient (Wildman–Crippen LogP) is 0.373. The lowest BCUT2D eigenvalue weighted by atomic mass is 10.1. The molecule has 0 bridgehead atoms. The summed E-state index contributed by atoms with van der Waals surface area (Å²) in [5.41, 5.74) is 6.70. The van der Waals surface area contributed by atoms with E-state index < -0.39 is 0 Å². The van der Waals surface area contributed by atoms with E-state index in [1.54, 1.807) is 17.8 Å². The van der Waals surface area contributed by atoms with Crippen molar-refractivity contribution >= 4 is 11.7 Å². The smallest absolute Gasteiger partial charge is 0.272 e. The van der Waals surface area contributed by atoms with Crippen molar-refractivity contribution in [3.63, 3.8) is 0 Å². The number of amides is 1. The first-order valence-electron chi connectivity index (χ1n) is 5.75. The highest BCUT2D eigenvalue weighted by molar-refractivity contribution is 5.93. The van der Waals surface area contributed by atoms with Crippen molar-refractivity contribution in [3.05, 3.63) is 17.5 Å². The molecule has 1 atom stereocenters. The lowest BCUT2D eigenvalue weighted by molar-refractivity contribution is 0.0931. The van der Waals surface area contributed by atoms with E-state index >= 15 is 0 Å². The van der Waals surface area contributed by atoms with Crippen molar-refractivity contribution in [2.45, 2.75) is 32.7 Å². The standard InChI is InChI=1S/C11H19N5O2/c1-4-8(6-10(12)15-18)13-11(17)9-5-7(2)16(3)14-9/h5,8,18H,4,6H2,1-3H3,(H2,12,15)(H,13,17). The van der Waals surface area contributed by atoms with Gasteiger partial charge in [0.05, 0.1) is 0 Å². The van der Waals surface area contributed by atoms with Crippen LogP contribution in [0.2, 0.25) is 0 Å². The fourth-order valence-electron chi connectivity index (χ4n) is 1.52. The third-order valence-electron chi connectivity index (χ3n) is 2.76. The Labute approximate surface area is 106 Å². The zero-order chi connectivity index (χ0) is 13.7. The number of rotatable bonds is 5.